The van der Waals surface area contributed by atoms with Crippen molar-refractivity contribution in [1.29, 1.82) is 0 Å². The van der Waals surface area contributed by atoms with Gasteiger partial charge in [0, 0.05) is 12.5 Å². The molecule has 0 bridgehead atoms. The van der Waals surface area contributed by atoms with Gasteiger partial charge in [0.2, 0.25) is 5.91 Å². The maximum atomic E-state index is 11.6. The molecule has 0 fully saturated rings. The van der Waals surface area contributed by atoms with Crippen LogP contribution in [0.3, 0.4) is 0 Å². The summed E-state index contributed by atoms with van der Waals surface area (Å²) in [6.45, 7) is 0.328. The van der Waals surface area contributed by atoms with E-state index < -0.39 is 5.97 Å². The molecule has 1 amide bonds. The molecule has 7 nitrogen and oxygen atoms in total. The number of hydrogen-bond acceptors (Lipinski definition) is 5. The Balaban J connectivity index is 2.22. The fourth-order valence-corrected chi connectivity index (χ4v) is 1.97. The molecule has 0 saturated heterocycles. The number of anilines is 1. The summed E-state index contributed by atoms with van der Waals surface area (Å²) in [6.07, 6.45) is 0.0473. The molecule has 2 rings (SSSR count). The molecule has 0 unspecified atom stereocenters. The Hall–Kier alpha value is -2.67. The summed E-state index contributed by atoms with van der Waals surface area (Å²) in [7, 11) is 1.52. The van der Waals surface area contributed by atoms with Crippen LogP contribution < -0.4 is 10.9 Å². The zero-order valence-corrected chi connectivity index (χ0v) is 12.1. The topological polar surface area (TPSA) is 101 Å². The molecule has 1 aromatic carbocycles. The van der Waals surface area contributed by atoms with E-state index >= 15 is 0 Å². The first-order chi connectivity index (χ1) is 10.6. The zero-order valence-electron chi connectivity index (χ0n) is 12.1. The highest BCUT2D eigenvalue weighted by Gasteiger charge is 2.09. The molecular weight excluding hydrogens is 286 g/mol. The second-order valence-corrected chi connectivity index (χ2v) is 4.66. The van der Waals surface area contributed by atoms with Gasteiger partial charge in [0.05, 0.1) is 36.3 Å². The SMILES string of the molecule is COCCC(=O)NNc1cc(CC(=O)O)nc2ccccc12. The lowest BCUT2D eigenvalue weighted by molar-refractivity contribution is -0.136. The minimum Gasteiger partial charge on any atom is -0.481 e. The maximum Gasteiger partial charge on any atom is 0.309 e. The number of carbonyl (C=O) groups is 2. The zero-order chi connectivity index (χ0) is 15.9. The van der Waals surface area contributed by atoms with Gasteiger partial charge in [-0.15, -0.1) is 0 Å². The molecule has 7 heteroatoms. The predicted molar refractivity (Wildman–Crippen MR) is 81.3 cm³/mol. The van der Waals surface area contributed by atoms with Gasteiger partial charge in [0.25, 0.3) is 0 Å². The van der Waals surface area contributed by atoms with Crippen molar-refractivity contribution in [2.45, 2.75) is 12.8 Å². The Morgan fingerprint density at radius 3 is 2.82 bits per heavy atom. The second-order valence-electron chi connectivity index (χ2n) is 4.66. The summed E-state index contributed by atoms with van der Waals surface area (Å²) in [5.74, 6) is -1.18. The van der Waals surface area contributed by atoms with Gasteiger partial charge in [-0.2, -0.15) is 0 Å². The standard InChI is InChI=1S/C15H17N3O4/c1-22-7-6-14(19)18-17-13-8-10(9-15(20)21)16-12-5-3-2-4-11(12)13/h2-5,8H,6-7,9H2,1H3,(H,16,17)(H,18,19)(H,20,21). The van der Waals surface area contributed by atoms with Crippen LogP contribution in [0.1, 0.15) is 12.1 Å². The number of carboxylic acids is 1. The summed E-state index contributed by atoms with van der Waals surface area (Å²) in [5, 5.41) is 9.70. The normalized spacial score (nSPS) is 10.4. The van der Waals surface area contributed by atoms with Crippen LogP contribution in [0.25, 0.3) is 10.9 Å². The number of methoxy groups -OCH3 is 1. The Labute approximate surface area is 127 Å². The second kappa shape index (κ2) is 7.37. The molecule has 22 heavy (non-hydrogen) atoms. The summed E-state index contributed by atoms with van der Waals surface area (Å²) in [4.78, 5) is 26.8. The molecule has 0 saturated carbocycles. The summed E-state index contributed by atoms with van der Waals surface area (Å²) in [6, 6.07) is 8.92. The van der Waals surface area contributed by atoms with Crippen LogP contribution in [0.15, 0.2) is 30.3 Å². The number of aromatic nitrogens is 1. The molecule has 1 aromatic heterocycles. The van der Waals surface area contributed by atoms with E-state index in [1.165, 1.54) is 7.11 Å². The third-order valence-corrected chi connectivity index (χ3v) is 2.97. The van der Waals surface area contributed by atoms with Gasteiger partial charge >= 0.3 is 5.97 Å². The first-order valence-electron chi connectivity index (χ1n) is 6.74. The number of nitrogens with one attached hydrogen (secondary N) is 2. The Kier molecular flexibility index (Phi) is 5.26. The van der Waals surface area contributed by atoms with Gasteiger partial charge in [-0.1, -0.05) is 18.2 Å². The Bertz CT molecular complexity index is 688. The number of amides is 1. The molecule has 3 N–H and O–H groups in total. The van der Waals surface area contributed by atoms with Crippen LogP contribution in [0, 0.1) is 0 Å². The highest BCUT2D eigenvalue weighted by molar-refractivity contribution is 5.92. The summed E-state index contributed by atoms with van der Waals surface area (Å²) < 4.78 is 4.83. The van der Waals surface area contributed by atoms with Crippen molar-refractivity contribution in [3.63, 3.8) is 0 Å². The molecule has 1 heterocycles. The van der Waals surface area contributed by atoms with Crippen LogP contribution in [-0.4, -0.2) is 35.7 Å². The lowest BCUT2D eigenvalue weighted by Crippen LogP contribution is -2.30. The number of carbonyl (C=O) groups excluding carboxylic acids is 1. The van der Waals surface area contributed by atoms with Crippen LogP contribution in [-0.2, 0) is 20.7 Å². The van der Waals surface area contributed by atoms with Gasteiger partial charge in [0.1, 0.15) is 0 Å². The average Bonchev–Trinajstić information content (AvgIpc) is 2.49. The van der Waals surface area contributed by atoms with Gasteiger partial charge in [-0.25, -0.2) is 0 Å². The summed E-state index contributed by atoms with van der Waals surface area (Å²) in [5.41, 5.74) is 7.07. The lowest BCUT2D eigenvalue weighted by Gasteiger charge is -2.12. The van der Waals surface area contributed by atoms with Gasteiger partial charge < -0.3 is 9.84 Å². The first kappa shape index (κ1) is 15.7. The number of aliphatic carboxylic acids is 1. The van der Waals surface area contributed by atoms with Crippen molar-refractivity contribution < 1.29 is 19.4 Å². The smallest absolute Gasteiger partial charge is 0.309 e. The minimum atomic E-state index is -0.960. The Morgan fingerprint density at radius 1 is 1.32 bits per heavy atom. The van der Waals surface area contributed by atoms with E-state index in [4.69, 9.17) is 9.84 Å². The molecule has 0 radical (unpaired) electrons. The molecular formula is C15H17N3O4. The number of carboxylic acid groups (broad SMARTS) is 1. The van der Waals surface area contributed by atoms with E-state index in [9.17, 15) is 9.59 Å². The van der Waals surface area contributed by atoms with E-state index in [1.807, 2.05) is 18.2 Å². The average molecular weight is 303 g/mol. The number of rotatable bonds is 7. The van der Waals surface area contributed by atoms with Crippen molar-refractivity contribution >= 4 is 28.5 Å². The highest BCUT2D eigenvalue weighted by Crippen LogP contribution is 2.22. The van der Waals surface area contributed by atoms with Crippen molar-refractivity contribution in [3.05, 3.63) is 36.0 Å². The number of hydrogen-bond donors (Lipinski definition) is 3. The third-order valence-electron chi connectivity index (χ3n) is 2.97. The predicted octanol–water partition coefficient (Wildman–Crippen LogP) is 1.34. The van der Waals surface area contributed by atoms with Crippen molar-refractivity contribution in [1.82, 2.24) is 10.4 Å². The van der Waals surface area contributed by atoms with E-state index in [-0.39, 0.29) is 18.7 Å². The fraction of sp³-hybridized carbons (Fsp3) is 0.267. The molecule has 0 spiro atoms. The molecule has 0 aliphatic heterocycles. The number of hydrazine groups is 1. The highest BCUT2D eigenvalue weighted by atomic mass is 16.5. The number of nitrogens with zero attached hydrogens (tertiary/aromatic N) is 1. The van der Waals surface area contributed by atoms with Gasteiger partial charge in [-0.3, -0.25) is 25.4 Å². The minimum absolute atomic E-state index is 0.183. The molecule has 0 aliphatic rings. The van der Waals surface area contributed by atoms with E-state index in [0.29, 0.717) is 23.5 Å². The summed E-state index contributed by atoms with van der Waals surface area (Å²) >= 11 is 0. The van der Waals surface area contributed by atoms with E-state index in [0.717, 1.165) is 5.39 Å². The third kappa shape index (κ3) is 4.16. The van der Waals surface area contributed by atoms with Crippen molar-refractivity contribution in [2.75, 3.05) is 19.1 Å². The number of ether oxygens (including phenoxy) is 1. The largest absolute Gasteiger partial charge is 0.481 e. The van der Waals surface area contributed by atoms with Crippen LogP contribution in [0.4, 0.5) is 5.69 Å². The first-order valence-corrected chi connectivity index (χ1v) is 6.74. The van der Waals surface area contributed by atoms with E-state index in [1.54, 1.807) is 12.1 Å². The van der Waals surface area contributed by atoms with Gasteiger partial charge in [0.15, 0.2) is 0 Å². The fourth-order valence-electron chi connectivity index (χ4n) is 1.97. The number of para-hydroxylation sites is 1. The van der Waals surface area contributed by atoms with Crippen LogP contribution >= 0.6 is 0 Å². The molecule has 0 aliphatic carbocycles. The van der Waals surface area contributed by atoms with Gasteiger partial charge in [-0.05, 0) is 12.1 Å². The molecule has 116 valence electrons. The lowest BCUT2D eigenvalue weighted by atomic mass is 10.1. The number of fused-ring (bicyclic) bond motifs is 1. The maximum absolute atomic E-state index is 11.6. The Morgan fingerprint density at radius 2 is 2.09 bits per heavy atom. The van der Waals surface area contributed by atoms with Crippen LogP contribution in [0.5, 0.6) is 0 Å². The monoisotopic (exact) mass is 303 g/mol. The number of pyridine rings is 1. The quantitative estimate of drug-likeness (QED) is 0.667. The van der Waals surface area contributed by atoms with Crippen molar-refractivity contribution in [2.24, 2.45) is 0 Å². The number of benzene rings is 1. The molecule has 2 aromatic rings. The molecule has 0 atom stereocenters. The van der Waals surface area contributed by atoms with Crippen LogP contribution in [0.2, 0.25) is 0 Å². The van der Waals surface area contributed by atoms with E-state index in [2.05, 4.69) is 15.8 Å². The van der Waals surface area contributed by atoms with Crippen molar-refractivity contribution in [3.8, 4) is 0 Å².